The molecule has 29 heavy (non-hydrogen) atoms. The Morgan fingerprint density at radius 2 is 1.93 bits per heavy atom. The number of pyridine rings is 1. The van der Waals surface area contributed by atoms with Crippen molar-refractivity contribution in [2.24, 2.45) is 7.05 Å². The van der Waals surface area contributed by atoms with E-state index in [-0.39, 0.29) is 11.5 Å². The number of hydrogen-bond acceptors (Lipinski definition) is 2. The highest BCUT2D eigenvalue weighted by molar-refractivity contribution is 6.30. The van der Waals surface area contributed by atoms with Gasteiger partial charge in [0.1, 0.15) is 0 Å². The maximum atomic E-state index is 12.1. The van der Waals surface area contributed by atoms with Crippen LogP contribution in [0.15, 0.2) is 53.6 Å². The van der Waals surface area contributed by atoms with Crippen LogP contribution in [-0.4, -0.2) is 20.2 Å². The summed E-state index contributed by atoms with van der Waals surface area (Å²) in [5.41, 5.74) is 3.79. The van der Waals surface area contributed by atoms with Gasteiger partial charge in [-0.25, -0.2) is 4.79 Å². The molecule has 6 heteroatoms. The molecule has 150 valence electrons. The molecule has 0 radical (unpaired) electrons. The van der Waals surface area contributed by atoms with Crippen LogP contribution >= 0.6 is 11.6 Å². The summed E-state index contributed by atoms with van der Waals surface area (Å²) in [4.78, 5) is 24.1. The number of aromatic nitrogens is 2. The molecule has 1 unspecified atom stereocenters. The van der Waals surface area contributed by atoms with Crippen molar-refractivity contribution in [2.45, 2.75) is 38.1 Å². The van der Waals surface area contributed by atoms with E-state index in [4.69, 9.17) is 11.6 Å². The normalized spacial score (nSPS) is 14.7. The molecule has 1 N–H and O–H groups in total. The van der Waals surface area contributed by atoms with Crippen molar-refractivity contribution >= 4 is 17.6 Å². The van der Waals surface area contributed by atoms with Crippen LogP contribution in [0.5, 0.6) is 0 Å². The van der Waals surface area contributed by atoms with Crippen LogP contribution in [0.2, 0.25) is 5.02 Å². The predicted molar refractivity (Wildman–Crippen MR) is 113 cm³/mol. The zero-order valence-electron chi connectivity index (χ0n) is 16.4. The molecule has 1 atom stereocenters. The number of halogens is 1. The molecule has 2 heterocycles. The molecule has 5 nitrogen and oxygen atoms in total. The van der Waals surface area contributed by atoms with Crippen molar-refractivity contribution in [1.82, 2.24) is 9.13 Å². The first-order valence-corrected chi connectivity index (χ1v) is 10.1. The topological polar surface area (TPSA) is 64.2 Å². The van der Waals surface area contributed by atoms with E-state index in [9.17, 15) is 14.7 Å². The van der Waals surface area contributed by atoms with E-state index in [0.29, 0.717) is 28.6 Å². The molecule has 0 saturated heterocycles. The Morgan fingerprint density at radius 3 is 2.52 bits per heavy atom. The quantitative estimate of drug-likeness (QED) is 0.648. The third-order valence-corrected chi connectivity index (χ3v) is 5.84. The summed E-state index contributed by atoms with van der Waals surface area (Å²) in [6, 6.07) is 11.5. The molecule has 1 saturated carbocycles. The van der Waals surface area contributed by atoms with Crippen molar-refractivity contribution in [1.29, 1.82) is 0 Å². The van der Waals surface area contributed by atoms with Crippen molar-refractivity contribution in [2.75, 3.05) is 0 Å². The molecular formula is C23H23ClN2O3. The number of carboxylic acids is 1. The van der Waals surface area contributed by atoms with Crippen molar-refractivity contribution < 1.29 is 9.90 Å². The third kappa shape index (κ3) is 3.87. The Kier molecular flexibility index (Phi) is 5.09. The third-order valence-electron chi connectivity index (χ3n) is 5.59. The van der Waals surface area contributed by atoms with Crippen LogP contribution in [0.4, 0.5) is 0 Å². The number of carboxylic acid groups (broad SMARTS) is 1. The fraction of sp³-hybridized carbons (Fsp3) is 0.304. The number of carbonyl (C=O) groups is 1. The second-order valence-corrected chi connectivity index (χ2v) is 8.25. The van der Waals surface area contributed by atoms with E-state index in [2.05, 4.69) is 4.57 Å². The number of rotatable bonds is 6. The number of hydrogen-bond donors (Lipinski definition) is 1. The predicted octanol–water partition coefficient (Wildman–Crippen LogP) is 4.56. The molecule has 1 aromatic carbocycles. The van der Waals surface area contributed by atoms with Gasteiger partial charge in [-0.05, 0) is 61.6 Å². The highest BCUT2D eigenvalue weighted by atomic mass is 35.5. The van der Waals surface area contributed by atoms with Gasteiger partial charge in [-0.3, -0.25) is 4.79 Å². The molecule has 0 aliphatic heterocycles. The zero-order valence-corrected chi connectivity index (χ0v) is 17.2. The second-order valence-electron chi connectivity index (χ2n) is 7.81. The van der Waals surface area contributed by atoms with E-state index in [0.717, 1.165) is 29.7 Å². The van der Waals surface area contributed by atoms with Crippen LogP contribution in [0.1, 0.15) is 57.5 Å². The average Bonchev–Trinajstić information content (AvgIpc) is 3.43. The lowest BCUT2D eigenvalue weighted by Gasteiger charge is -2.22. The molecular weight excluding hydrogens is 388 g/mol. The highest BCUT2D eigenvalue weighted by Crippen LogP contribution is 2.41. The van der Waals surface area contributed by atoms with Gasteiger partial charge in [-0.15, -0.1) is 0 Å². The van der Waals surface area contributed by atoms with Crippen molar-refractivity contribution in [3.05, 3.63) is 92.1 Å². The minimum absolute atomic E-state index is 0.0237. The van der Waals surface area contributed by atoms with E-state index in [1.54, 1.807) is 24.6 Å². The SMILES string of the molecule is Cc1cc(CC(c2ccc(Cl)cc2)c2c(C(=O)O)ccn2C2CC2)cn(C)c1=O. The smallest absolute Gasteiger partial charge is 0.337 e. The Bertz CT molecular complexity index is 1100. The lowest BCUT2D eigenvalue weighted by molar-refractivity contribution is 0.0695. The van der Waals surface area contributed by atoms with E-state index < -0.39 is 5.97 Å². The Morgan fingerprint density at radius 1 is 1.24 bits per heavy atom. The lowest BCUT2D eigenvalue weighted by atomic mass is 9.87. The van der Waals surface area contributed by atoms with Crippen LogP contribution in [0.25, 0.3) is 0 Å². The lowest BCUT2D eigenvalue weighted by Crippen LogP contribution is -2.21. The van der Waals surface area contributed by atoms with Gasteiger partial charge >= 0.3 is 5.97 Å². The number of aromatic carboxylic acids is 1. The van der Waals surface area contributed by atoms with Gasteiger partial charge in [0, 0.05) is 47.7 Å². The Balaban J connectivity index is 1.86. The standard InChI is InChI=1S/C23H23ClN2O3/c1-14-11-15(13-25(2)22(14)27)12-20(16-3-5-17(24)6-4-16)21-19(23(28)29)9-10-26(21)18-7-8-18/h3-6,9-11,13,18,20H,7-8,12H2,1-2H3,(H,28,29). The summed E-state index contributed by atoms with van der Waals surface area (Å²) in [6.45, 7) is 1.80. The fourth-order valence-corrected chi connectivity index (χ4v) is 4.18. The first kappa shape index (κ1) is 19.5. The summed E-state index contributed by atoms with van der Waals surface area (Å²) < 4.78 is 3.71. The fourth-order valence-electron chi connectivity index (χ4n) is 4.06. The van der Waals surface area contributed by atoms with Gasteiger partial charge in [-0.2, -0.15) is 0 Å². The molecule has 0 amide bonds. The molecule has 1 aliphatic rings. The summed E-state index contributed by atoms with van der Waals surface area (Å²) in [6.07, 6.45) is 6.45. The summed E-state index contributed by atoms with van der Waals surface area (Å²) in [5.74, 6) is -1.08. The Labute approximate surface area is 174 Å². The minimum Gasteiger partial charge on any atom is -0.478 e. The number of nitrogens with zero attached hydrogens (tertiary/aromatic N) is 2. The maximum absolute atomic E-state index is 12.1. The van der Waals surface area contributed by atoms with Crippen LogP contribution in [-0.2, 0) is 13.5 Å². The maximum Gasteiger partial charge on any atom is 0.337 e. The van der Waals surface area contributed by atoms with Gasteiger partial charge in [-0.1, -0.05) is 23.7 Å². The van der Waals surface area contributed by atoms with E-state index in [1.165, 1.54) is 0 Å². The van der Waals surface area contributed by atoms with Gasteiger partial charge < -0.3 is 14.2 Å². The van der Waals surface area contributed by atoms with Gasteiger partial charge in [0.05, 0.1) is 5.56 Å². The van der Waals surface area contributed by atoms with Gasteiger partial charge in [0.2, 0.25) is 0 Å². The highest BCUT2D eigenvalue weighted by Gasteiger charge is 2.32. The summed E-state index contributed by atoms with van der Waals surface area (Å²) in [5, 5.41) is 10.5. The van der Waals surface area contributed by atoms with Gasteiger partial charge in [0.25, 0.3) is 5.56 Å². The molecule has 3 aromatic rings. The molecule has 1 fully saturated rings. The van der Waals surface area contributed by atoms with E-state index >= 15 is 0 Å². The van der Waals surface area contributed by atoms with Crippen molar-refractivity contribution in [3.63, 3.8) is 0 Å². The molecule has 1 aliphatic carbocycles. The first-order valence-electron chi connectivity index (χ1n) is 9.70. The number of aryl methyl sites for hydroxylation is 2. The Hall–Kier alpha value is -2.79. The van der Waals surface area contributed by atoms with Crippen LogP contribution < -0.4 is 5.56 Å². The first-order chi connectivity index (χ1) is 13.8. The molecule has 0 bridgehead atoms. The summed E-state index contributed by atoms with van der Waals surface area (Å²) >= 11 is 6.10. The number of benzene rings is 1. The second kappa shape index (κ2) is 7.56. The van der Waals surface area contributed by atoms with Crippen molar-refractivity contribution in [3.8, 4) is 0 Å². The van der Waals surface area contributed by atoms with E-state index in [1.807, 2.05) is 42.7 Å². The largest absolute Gasteiger partial charge is 0.478 e. The van der Waals surface area contributed by atoms with Gasteiger partial charge in [0.15, 0.2) is 0 Å². The zero-order chi connectivity index (χ0) is 20.7. The van der Waals surface area contributed by atoms with Crippen LogP contribution in [0, 0.1) is 6.92 Å². The summed E-state index contributed by atoms with van der Waals surface area (Å²) in [7, 11) is 1.74. The monoisotopic (exact) mass is 410 g/mol. The van der Waals surface area contributed by atoms with Crippen LogP contribution in [0.3, 0.4) is 0 Å². The average molecular weight is 411 g/mol. The molecule has 0 spiro atoms. The molecule has 4 rings (SSSR count). The molecule has 2 aromatic heterocycles. The minimum atomic E-state index is -0.921.